The van der Waals surface area contributed by atoms with Gasteiger partial charge in [0.05, 0.1) is 14.2 Å². The summed E-state index contributed by atoms with van der Waals surface area (Å²) in [6.07, 6.45) is 0. The maximum absolute atomic E-state index is 5.37. The average Bonchev–Trinajstić information content (AvgIpc) is 3.09. The summed E-state index contributed by atoms with van der Waals surface area (Å²) >= 11 is 0. The Morgan fingerprint density at radius 2 is 1.87 bits per heavy atom. The van der Waals surface area contributed by atoms with Crippen LogP contribution in [0.1, 0.15) is 5.56 Å². The minimum absolute atomic E-state index is 0.432. The van der Waals surface area contributed by atoms with Gasteiger partial charge in [-0.25, -0.2) is 0 Å². The van der Waals surface area contributed by atoms with Crippen molar-refractivity contribution in [3.63, 3.8) is 0 Å². The molecule has 118 valence electrons. The Morgan fingerprint density at radius 1 is 1.04 bits per heavy atom. The molecule has 3 aromatic rings. The number of hydrogen-bond donors (Lipinski definition) is 1. The van der Waals surface area contributed by atoms with Gasteiger partial charge in [0.2, 0.25) is 0 Å². The molecule has 0 saturated heterocycles. The summed E-state index contributed by atoms with van der Waals surface area (Å²) in [5, 5.41) is 7.06. The van der Waals surface area contributed by atoms with Gasteiger partial charge in [-0.15, -0.1) is 0 Å². The Kier molecular flexibility index (Phi) is 4.42. The summed E-state index contributed by atoms with van der Waals surface area (Å²) in [4.78, 5) is 4.33. The van der Waals surface area contributed by atoms with Crippen LogP contribution in [0, 0.1) is 0 Å². The van der Waals surface area contributed by atoms with E-state index in [1.54, 1.807) is 14.2 Å². The first kappa shape index (κ1) is 14.9. The van der Waals surface area contributed by atoms with E-state index >= 15 is 0 Å². The normalized spacial score (nSPS) is 10.3. The number of aromatic nitrogens is 2. The van der Waals surface area contributed by atoms with Gasteiger partial charge >= 0.3 is 0 Å². The van der Waals surface area contributed by atoms with Crippen LogP contribution in [-0.2, 0) is 6.54 Å². The van der Waals surface area contributed by atoms with E-state index in [0.717, 1.165) is 22.6 Å². The van der Waals surface area contributed by atoms with Crippen molar-refractivity contribution in [2.24, 2.45) is 0 Å². The van der Waals surface area contributed by atoms with Crippen molar-refractivity contribution in [2.45, 2.75) is 6.54 Å². The van der Waals surface area contributed by atoms with Crippen LogP contribution in [-0.4, -0.2) is 24.4 Å². The van der Waals surface area contributed by atoms with Gasteiger partial charge in [-0.3, -0.25) is 0 Å². The van der Waals surface area contributed by atoms with Crippen LogP contribution in [0.4, 0.5) is 5.95 Å². The van der Waals surface area contributed by atoms with Crippen molar-refractivity contribution in [1.82, 2.24) is 10.1 Å². The number of hydrogen-bond acceptors (Lipinski definition) is 6. The summed E-state index contributed by atoms with van der Waals surface area (Å²) in [6, 6.07) is 15.3. The lowest BCUT2D eigenvalue weighted by molar-refractivity contribution is 0.391. The van der Waals surface area contributed by atoms with Crippen molar-refractivity contribution in [2.75, 3.05) is 19.5 Å². The Bertz CT molecular complexity index is 772. The van der Waals surface area contributed by atoms with Crippen LogP contribution in [0.3, 0.4) is 0 Å². The molecule has 0 bridgehead atoms. The quantitative estimate of drug-likeness (QED) is 0.752. The molecule has 0 aliphatic rings. The molecular formula is C17H17N3O3. The molecule has 23 heavy (non-hydrogen) atoms. The van der Waals surface area contributed by atoms with Gasteiger partial charge in [0, 0.05) is 23.7 Å². The summed E-state index contributed by atoms with van der Waals surface area (Å²) < 4.78 is 15.8. The Hall–Kier alpha value is -3.02. The van der Waals surface area contributed by atoms with Gasteiger partial charge in [-0.1, -0.05) is 18.2 Å². The van der Waals surface area contributed by atoms with E-state index < -0.39 is 0 Å². The molecule has 0 unspecified atom stereocenters. The first-order valence-electron chi connectivity index (χ1n) is 7.14. The summed E-state index contributed by atoms with van der Waals surface area (Å²) in [6.45, 7) is 0.515. The molecule has 0 atom stereocenters. The smallest absolute Gasteiger partial charge is 0.264 e. The molecule has 2 aromatic carbocycles. The maximum atomic E-state index is 5.37. The number of benzene rings is 2. The third kappa shape index (κ3) is 3.42. The largest absolute Gasteiger partial charge is 0.497 e. The van der Waals surface area contributed by atoms with E-state index in [9.17, 15) is 0 Å². The second-order valence-electron chi connectivity index (χ2n) is 4.82. The monoisotopic (exact) mass is 311 g/mol. The van der Waals surface area contributed by atoms with Crippen LogP contribution in [0.25, 0.3) is 11.5 Å². The molecule has 0 radical (unpaired) electrons. The molecule has 6 nitrogen and oxygen atoms in total. The number of anilines is 1. The molecule has 0 aliphatic heterocycles. The number of rotatable bonds is 6. The molecule has 3 rings (SSSR count). The maximum Gasteiger partial charge on any atom is 0.264 e. The van der Waals surface area contributed by atoms with Crippen LogP contribution in [0.5, 0.6) is 11.5 Å². The zero-order chi connectivity index (χ0) is 16.1. The predicted octanol–water partition coefficient (Wildman–Crippen LogP) is 3.37. The number of methoxy groups -OCH3 is 2. The minimum atomic E-state index is 0.432. The standard InChI is InChI=1S/C17H17N3O3/c1-21-14-9-8-13(15(10-14)22-2)11-18-17-19-16(23-20-17)12-6-4-3-5-7-12/h3-10H,11H2,1-2H3,(H,18,20). The summed E-state index contributed by atoms with van der Waals surface area (Å²) in [5.41, 5.74) is 1.86. The lowest BCUT2D eigenvalue weighted by Crippen LogP contribution is -2.03. The molecule has 1 N–H and O–H groups in total. The number of ether oxygens (including phenoxy) is 2. The summed E-state index contributed by atoms with van der Waals surface area (Å²) in [5.74, 6) is 2.40. The predicted molar refractivity (Wildman–Crippen MR) is 86.6 cm³/mol. The van der Waals surface area contributed by atoms with Gasteiger partial charge < -0.3 is 19.3 Å². The van der Waals surface area contributed by atoms with Crippen LogP contribution >= 0.6 is 0 Å². The summed E-state index contributed by atoms with van der Waals surface area (Å²) in [7, 11) is 3.25. The van der Waals surface area contributed by atoms with Crippen LogP contribution in [0.2, 0.25) is 0 Å². The molecular weight excluding hydrogens is 294 g/mol. The molecule has 0 saturated carbocycles. The first-order valence-corrected chi connectivity index (χ1v) is 7.14. The van der Waals surface area contributed by atoms with E-state index in [2.05, 4.69) is 15.5 Å². The Morgan fingerprint density at radius 3 is 2.61 bits per heavy atom. The van der Waals surface area contributed by atoms with Gasteiger partial charge in [0.1, 0.15) is 11.5 Å². The second kappa shape index (κ2) is 6.83. The van der Waals surface area contributed by atoms with Gasteiger partial charge in [-0.05, 0) is 29.4 Å². The highest BCUT2D eigenvalue weighted by atomic mass is 16.5. The van der Waals surface area contributed by atoms with Gasteiger partial charge in [-0.2, -0.15) is 4.98 Å². The molecule has 0 fully saturated rings. The molecule has 1 heterocycles. The lowest BCUT2D eigenvalue weighted by atomic mass is 10.2. The molecule has 0 spiro atoms. The minimum Gasteiger partial charge on any atom is -0.497 e. The highest BCUT2D eigenvalue weighted by molar-refractivity contribution is 5.53. The third-order valence-corrected chi connectivity index (χ3v) is 3.38. The molecule has 1 aromatic heterocycles. The van der Waals surface area contributed by atoms with Gasteiger partial charge in [0.25, 0.3) is 11.8 Å². The Balaban J connectivity index is 1.71. The van der Waals surface area contributed by atoms with Crippen LogP contribution < -0.4 is 14.8 Å². The van der Waals surface area contributed by atoms with Crippen LogP contribution in [0.15, 0.2) is 53.1 Å². The fourth-order valence-electron chi connectivity index (χ4n) is 2.17. The van der Waals surface area contributed by atoms with E-state index in [0.29, 0.717) is 18.4 Å². The van der Waals surface area contributed by atoms with Crippen molar-refractivity contribution >= 4 is 5.95 Å². The second-order valence-corrected chi connectivity index (χ2v) is 4.82. The van der Waals surface area contributed by atoms with E-state index in [-0.39, 0.29) is 0 Å². The van der Waals surface area contributed by atoms with Crippen molar-refractivity contribution in [1.29, 1.82) is 0 Å². The molecule has 6 heteroatoms. The van der Waals surface area contributed by atoms with E-state index in [1.807, 2.05) is 48.5 Å². The zero-order valence-electron chi connectivity index (χ0n) is 12.9. The number of nitrogens with zero attached hydrogens (tertiary/aromatic N) is 2. The first-order chi connectivity index (χ1) is 11.3. The zero-order valence-corrected chi connectivity index (χ0v) is 12.9. The molecule has 0 aliphatic carbocycles. The van der Waals surface area contributed by atoms with Gasteiger partial charge in [0.15, 0.2) is 0 Å². The topological polar surface area (TPSA) is 69.4 Å². The van der Waals surface area contributed by atoms with E-state index in [4.69, 9.17) is 14.0 Å². The van der Waals surface area contributed by atoms with Crippen molar-refractivity contribution in [3.05, 3.63) is 54.1 Å². The van der Waals surface area contributed by atoms with Crippen molar-refractivity contribution in [3.8, 4) is 23.0 Å². The average molecular weight is 311 g/mol. The molecule has 0 amide bonds. The van der Waals surface area contributed by atoms with E-state index in [1.165, 1.54) is 0 Å². The Labute approximate surface area is 134 Å². The highest BCUT2D eigenvalue weighted by Crippen LogP contribution is 2.25. The van der Waals surface area contributed by atoms with Crippen molar-refractivity contribution < 1.29 is 14.0 Å². The fraction of sp³-hybridized carbons (Fsp3) is 0.176. The number of nitrogens with one attached hydrogen (secondary N) is 1. The SMILES string of the molecule is COc1ccc(CNc2noc(-c3ccccc3)n2)c(OC)c1. The highest BCUT2D eigenvalue weighted by Gasteiger charge is 2.10. The lowest BCUT2D eigenvalue weighted by Gasteiger charge is -2.10. The third-order valence-electron chi connectivity index (χ3n) is 3.38. The fourth-order valence-corrected chi connectivity index (χ4v) is 2.17.